The number of Topliss-reactive ketones (excluding diaryl/α,β-unsaturated/α-hetero) is 1. The highest BCUT2D eigenvalue weighted by molar-refractivity contribution is 5.82. The number of carbonyl (C=O) groups is 1. The van der Waals surface area contributed by atoms with Crippen LogP contribution in [0, 0.1) is 5.92 Å². The summed E-state index contributed by atoms with van der Waals surface area (Å²) in [5, 5.41) is 3.28. The first-order valence-electron chi connectivity index (χ1n) is 5.71. The summed E-state index contributed by atoms with van der Waals surface area (Å²) in [4.78, 5) is 11.5. The average Bonchev–Trinajstić information content (AvgIpc) is 2.14. The maximum absolute atomic E-state index is 11.5. The van der Waals surface area contributed by atoms with Gasteiger partial charge >= 0.3 is 0 Å². The maximum atomic E-state index is 11.5. The Bertz CT molecular complexity index is 195. The lowest BCUT2D eigenvalue weighted by molar-refractivity contribution is -0.132. The molecule has 1 heterocycles. The molecule has 0 bridgehead atoms. The largest absolute Gasteiger partial charge is 0.370 e. The molecule has 14 heavy (non-hydrogen) atoms. The SMILES string of the molecule is O=C(COC1CCNCC1)C1CCC1. The van der Waals surface area contributed by atoms with Gasteiger partial charge in [0.1, 0.15) is 6.61 Å². The molecule has 1 saturated heterocycles. The average molecular weight is 197 g/mol. The molecule has 1 N–H and O–H groups in total. The van der Waals surface area contributed by atoms with Crippen LogP contribution in [0.3, 0.4) is 0 Å². The van der Waals surface area contributed by atoms with E-state index >= 15 is 0 Å². The van der Waals surface area contributed by atoms with Crippen molar-refractivity contribution < 1.29 is 9.53 Å². The van der Waals surface area contributed by atoms with Gasteiger partial charge in [-0.1, -0.05) is 6.42 Å². The highest BCUT2D eigenvalue weighted by atomic mass is 16.5. The molecule has 1 saturated carbocycles. The minimum absolute atomic E-state index is 0.320. The van der Waals surface area contributed by atoms with Gasteiger partial charge in [0, 0.05) is 5.92 Å². The zero-order valence-electron chi connectivity index (χ0n) is 8.63. The van der Waals surface area contributed by atoms with Crippen molar-refractivity contribution in [2.75, 3.05) is 19.7 Å². The fraction of sp³-hybridized carbons (Fsp3) is 0.909. The Labute approximate surface area is 85.2 Å². The Kier molecular flexibility index (Phi) is 3.54. The monoisotopic (exact) mass is 197 g/mol. The van der Waals surface area contributed by atoms with E-state index in [1.807, 2.05) is 0 Å². The molecule has 80 valence electrons. The van der Waals surface area contributed by atoms with Gasteiger partial charge < -0.3 is 10.1 Å². The zero-order valence-corrected chi connectivity index (χ0v) is 8.63. The normalized spacial score (nSPS) is 24.6. The second kappa shape index (κ2) is 4.89. The third kappa shape index (κ3) is 2.55. The van der Waals surface area contributed by atoms with Crippen LogP contribution in [-0.2, 0) is 9.53 Å². The van der Waals surface area contributed by atoms with Crippen molar-refractivity contribution in [3.8, 4) is 0 Å². The number of hydrogen-bond donors (Lipinski definition) is 1. The molecule has 0 radical (unpaired) electrons. The Balaban J connectivity index is 1.62. The van der Waals surface area contributed by atoms with E-state index in [-0.39, 0.29) is 0 Å². The van der Waals surface area contributed by atoms with Gasteiger partial charge in [0.15, 0.2) is 5.78 Å². The summed E-state index contributed by atoms with van der Waals surface area (Å²) in [5.41, 5.74) is 0. The third-order valence-electron chi connectivity index (χ3n) is 3.31. The number of nitrogens with one attached hydrogen (secondary N) is 1. The fourth-order valence-corrected chi connectivity index (χ4v) is 2.01. The van der Waals surface area contributed by atoms with Gasteiger partial charge in [0.05, 0.1) is 6.10 Å². The molecule has 2 aliphatic rings. The van der Waals surface area contributed by atoms with E-state index in [2.05, 4.69) is 5.32 Å². The van der Waals surface area contributed by atoms with Crippen LogP contribution in [-0.4, -0.2) is 31.6 Å². The summed E-state index contributed by atoms with van der Waals surface area (Å²) in [7, 11) is 0. The smallest absolute Gasteiger partial charge is 0.161 e. The van der Waals surface area contributed by atoms with Gasteiger partial charge in [-0.25, -0.2) is 0 Å². The number of rotatable bonds is 4. The highest BCUT2D eigenvalue weighted by Gasteiger charge is 2.25. The minimum Gasteiger partial charge on any atom is -0.370 e. The zero-order chi connectivity index (χ0) is 9.80. The van der Waals surface area contributed by atoms with E-state index in [9.17, 15) is 4.79 Å². The van der Waals surface area contributed by atoms with E-state index in [1.54, 1.807) is 0 Å². The number of hydrogen-bond acceptors (Lipinski definition) is 3. The van der Waals surface area contributed by atoms with Crippen LogP contribution in [0.4, 0.5) is 0 Å². The molecule has 0 atom stereocenters. The van der Waals surface area contributed by atoms with Crippen LogP contribution >= 0.6 is 0 Å². The first-order chi connectivity index (χ1) is 6.86. The summed E-state index contributed by atoms with van der Waals surface area (Å²) in [6.07, 6.45) is 5.84. The van der Waals surface area contributed by atoms with Gasteiger partial charge in [0.2, 0.25) is 0 Å². The first kappa shape index (κ1) is 10.1. The summed E-state index contributed by atoms with van der Waals surface area (Å²) < 4.78 is 5.61. The number of carbonyl (C=O) groups excluding carboxylic acids is 1. The van der Waals surface area contributed by atoms with Gasteiger partial charge in [-0.2, -0.15) is 0 Å². The quantitative estimate of drug-likeness (QED) is 0.734. The van der Waals surface area contributed by atoms with Gasteiger partial charge in [-0.15, -0.1) is 0 Å². The van der Waals surface area contributed by atoms with E-state index in [1.165, 1.54) is 6.42 Å². The minimum atomic E-state index is 0.320. The molecule has 1 aliphatic carbocycles. The molecule has 0 aromatic heterocycles. The molecule has 0 amide bonds. The number of ketones is 1. The molecular weight excluding hydrogens is 178 g/mol. The van der Waals surface area contributed by atoms with Crippen LogP contribution in [0.15, 0.2) is 0 Å². The second-order valence-electron chi connectivity index (χ2n) is 4.35. The summed E-state index contributed by atoms with van der Waals surface area (Å²) in [6, 6.07) is 0. The maximum Gasteiger partial charge on any atom is 0.161 e. The van der Waals surface area contributed by atoms with Crippen LogP contribution < -0.4 is 5.32 Å². The van der Waals surface area contributed by atoms with Crippen molar-refractivity contribution in [3.05, 3.63) is 0 Å². The van der Waals surface area contributed by atoms with Crippen molar-refractivity contribution in [2.45, 2.75) is 38.2 Å². The van der Waals surface area contributed by atoms with Crippen molar-refractivity contribution in [1.82, 2.24) is 5.32 Å². The molecule has 0 spiro atoms. The summed E-state index contributed by atoms with van der Waals surface area (Å²) in [6.45, 7) is 2.42. The predicted molar refractivity (Wildman–Crippen MR) is 54.2 cm³/mol. The third-order valence-corrected chi connectivity index (χ3v) is 3.31. The number of ether oxygens (including phenoxy) is 1. The Hall–Kier alpha value is -0.410. The predicted octanol–water partition coefficient (Wildman–Crippen LogP) is 1.12. The topological polar surface area (TPSA) is 38.3 Å². The van der Waals surface area contributed by atoms with Crippen molar-refractivity contribution >= 4 is 5.78 Å². The van der Waals surface area contributed by atoms with Crippen LogP contribution in [0.5, 0.6) is 0 Å². The molecule has 2 rings (SSSR count). The molecule has 2 fully saturated rings. The van der Waals surface area contributed by atoms with E-state index in [0.29, 0.717) is 24.4 Å². The van der Waals surface area contributed by atoms with Crippen molar-refractivity contribution in [1.29, 1.82) is 0 Å². The van der Waals surface area contributed by atoms with Crippen molar-refractivity contribution in [3.63, 3.8) is 0 Å². The lowest BCUT2D eigenvalue weighted by Crippen LogP contribution is -2.35. The lowest BCUT2D eigenvalue weighted by Gasteiger charge is -2.26. The molecule has 0 aromatic rings. The number of piperidine rings is 1. The molecular formula is C11H19NO2. The Morgan fingerprint density at radius 1 is 1.21 bits per heavy atom. The van der Waals surface area contributed by atoms with Crippen LogP contribution in [0.2, 0.25) is 0 Å². The van der Waals surface area contributed by atoms with Crippen molar-refractivity contribution in [2.24, 2.45) is 5.92 Å². The molecule has 1 aliphatic heterocycles. The molecule has 3 nitrogen and oxygen atoms in total. The molecule has 3 heteroatoms. The van der Waals surface area contributed by atoms with Gasteiger partial charge in [-0.05, 0) is 38.8 Å². The Morgan fingerprint density at radius 3 is 2.50 bits per heavy atom. The van der Waals surface area contributed by atoms with Gasteiger partial charge in [0.25, 0.3) is 0 Å². The molecule has 0 aromatic carbocycles. The van der Waals surface area contributed by atoms with E-state index in [0.717, 1.165) is 38.8 Å². The first-order valence-corrected chi connectivity index (χ1v) is 5.71. The highest BCUT2D eigenvalue weighted by Crippen LogP contribution is 2.27. The standard InChI is InChI=1S/C11H19NO2/c13-11(9-2-1-3-9)8-14-10-4-6-12-7-5-10/h9-10,12H,1-8H2. The summed E-state index contributed by atoms with van der Waals surface area (Å²) in [5.74, 6) is 0.659. The second-order valence-corrected chi connectivity index (χ2v) is 4.35. The summed E-state index contributed by atoms with van der Waals surface area (Å²) >= 11 is 0. The van der Waals surface area contributed by atoms with Gasteiger partial charge in [-0.3, -0.25) is 4.79 Å². The van der Waals surface area contributed by atoms with Crippen LogP contribution in [0.25, 0.3) is 0 Å². The van der Waals surface area contributed by atoms with Crippen LogP contribution in [0.1, 0.15) is 32.1 Å². The fourth-order valence-electron chi connectivity index (χ4n) is 2.01. The molecule has 0 unspecified atom stereocenters. The lowest BCUT2D eigenvalue weighted by atomic mass is 9.82. The van der Waals surface area contributed by atoms with E-state index < -0.39 is 0 Å². The van der Waals surface area contributed by atoms with E-state index in [4.69, 9.17) is 4.74 Å². The Morgan fingerprint density at radius 2 is 1.93 bits per heavy atom.